The molecule has 2 aromatic rings. The number of hydrogen-bond donors (Lipinski definition) is 0. The highest BCUT2D eigenvalue weighted by Crippen LogP contribution is 2.32. The zero-order valence-electron chi connectivity index (χ0n) is 12.8. The first kappa shape index (κ1) is 16.6. The van der Waals surface area contributed by atoms with Crippen molar-refractivity contribution in [2.45, 2.75) is 25.0 Å². The molecule has 1 saturated heterocycles. The number of nitrogens with zero attached hydrogens (tertiary/aromatic N) is 2. The van der Waals surface area contributed by atoms with Crippen molar-refractivity contribution in [1.29, 1.82) is 0 Å². The van der Waals surface area contributed by atoms with Gasteiger partial charge in [-0.2, -0.15) is 0 Å². The number of hydrogen-bond acceptors (Lipinski definition) is 6. The van der Waals surface area contributed by atoms with E-state index in [0.717, 1.165) is 14.8 Å². The topological polar surface area (TPSA) is 67.3 Å². The average molecular weight is 371 g/mol. The van der Waals surface area contributed by atoms with Gasteiger partial charge in [0.15, 0.2) is 9.84 Å². The molecule has 3 rings (SSSR count). The van der Waals surface area contributed by atoms with E-state index < -0.39 is 15.1 Å². The fourth-order valence-electron chi connectivity index (χ4n) is 2.74. The highest BCUT2D eigenvalue weighted by atomic mass is 32.2. The van der Waals surface area contributed by atoms with Crippen LogP contribution in [0.4, 0.5) is 0 Å². The van der Waals surface area contributed by atoms with Crippen LogP contribution in [-0.4, -0.2) is 43.1 Å². The third-order valence-corrected chi connectivity index (χ3v) is 8.10. The molecule has 1 fully saturated rings. The van der Waals surface area contributed by atoms with Crippen LogP contribution in [0.5, 0.6) is 0 Å². The van der Waals surface area contributed by atoms with Crippen LogP contribution in [0, 0.1) is 6.92 Å². The quantitative estimate of drug-likeness (QED) is 0.832. The number of carbonyl (C=O) groups is 1. The van der Waals surface area contributed by atoms with Crippen molar-refractivity contribution in [1.82, 2.24) is 9.88 Å². The van der Waals surface area contributed by atoms with Crippen molar-refractivity contribution in [3.63, 3.8) is 0 Å². The van der Waals surface area contributed by atoms with Gasteiger partial charge in [0.1, 0.15) is 0 Å². The van der Waals surface area contributed by atoms with Crippen LogP contribution >= 0.6 is 22.7 Å². The highest BCUT2D eigenvalue weighted by molar-refractivity contribution is 7.91. The molecule has 1 aliphatic heterocycles. The van der Waals surface area contributed by atoms with Crippen LogP contribution in [0.1, 0.15) is 26.4 Å². The van der Waals surface area contributed by atoms with Crippen molar-refractivity contribution in [3.05, 3.63) is 38.5 Å². The molecule has 1 amide bonds. The van der Waals surface area contributed by atoms with Gasteiger partial charge in [-0.25, -0.2) is 13.4 Å². The summed E-state index contributed by atoms with van der Waals surface area (Å²) in [6.07, 6.45) is 2.49. The summed E-state index contributed by atoms with van der Waals surface area (Å²) in [5.41, 5.74) is 0. The third kappa shape index (κ3) is 3.81. The fourth-order valence-corrected chi connectivity index (χ4v) is 6.53. The summed E-state index contributed by atoms with van der Waals surface area (Å²) in [6.45, 7) is 2.67. The van der Waals surface area contributed by atoms with E-state index >= 15 is 0 Å². The largest absolute Gasteiger partial charge is 0.341 e. The summed E-state index contributed by atoms with van der Waals surface area (Å²) in [5, 5.41) is 2.35. The summed E-state index contributed by atoms with van der Waals surface area (Å²) < 4.78 is 25.0. The van der Waals surface area contributed by atoms with E-state index in [9.17, 15) is 13.2 Å². The minimum Gasteiger partial charge on any atom is -0.341 e. The summed E-state index contributed by atoms with van der Waals surface area (Å²) in [6, 6.07) is 3.74. The summed E-state index contributed by atoms with van der Waals surface area (Å²) in [4.78, 5) is 20.1. The van der Waals surface area contributed by atoms with E-state index in [0.29, 0.717) is 19.4 Å². The molecule has 124 valence electrons. The first-order valence-corrected chi connectivity index (χ1v) is 10.8. The zero-order valence-corrected chi connectivity index (χ0v) is 15.2. The molecule has 0 radical (unpaired) electrons. The maximum atomic E-state index is 12.5. The van der Waals surface area contributed by atoms with Gasteiger partial charge in [-0.3, -0.25) is 4.79 Å². The lowest BCUT2D eigenvalue weighted by atomic mass is 10.2. The number of aryl methyl sites for hydroxylation is 1. The van der Waals surface area contributed by atoms with Gasteiger partial charge in [0.05, 0.1) is 22.4 Å². The minimum atomic E-state index is -3.21. The lowest BCUT2D eigenvalue weighted by molar-refractivity contribution is -0.130. The van der Waals surface area contributed by atoms with E-state index in [1.54, 1.807) is 11.1 Å². The first-order valence-electron chi connectivity index (χ1n) is 7.40. The molecule has 1 aliphatic rings. The van der Waals surface area contributed by atoms with Crippen molar-refractivity contribution < 1.29 is 13.2 Å². The Labute approximate surface area is 143 Å². The van der Waals surface area contributed by atoms with Gasteiger partial charge in [0, 0.05) is 29.0 Å². The maximum Gasteiger partial charge on any atom is 0.227 e. The predicted molar refractivity (Wildman–Crippen MR) is 92.6 cm³/mol. The Morgan fingerprint density at radius 3 is 2.91 bits per heavy atom. The van der Waals surface area contributed by atoms with Gasteiger partial charge in [-0.15, -0.1) is 22.7 Å². The molecule has 0 saturated carbocycles. The molecule has 1 atom stereocenters. The predicted octanol–water partition coefficient (Wildman–Crippen LogP) is 2.44. The number of aromatic nitrogens is 1. The number of amides is 1. The lowest BCUT2D eigenvalue weighted by Crippen LogP contribution is -2.34. The fraction of sp³-hybridized carbons (Fsp3) is 0.467. The molecule has 0 unspecified atom stereocenters. The Balaban J connectivity index is 1.71. The van der Waals surface area contributed by atoms with Crippen molar-refractivity contribution in [3.8, 4) is 0 Å². The Bertz CT molecular complexity index is 781. The molecular formula is C15H18N2O3S3. The molecule has 0 aromatic carbocycles. The number of rotatable bonds is 3. The van der Waals surface area contributed by atoms with Gasteiger partial charge in [-0.1, -0.05) is 6.07 Å². The Morgan fingerprint density at radius 1 is 1.43 bits per heavy atom. The van der Waals surface area contributed by atoms with Crippen LogP contribution in [0.2, 0.25) is 0 Å². The smallest absolute Gasteiger partial charge is 0.227 e. The first-order chi connectivity index (χ1) is 11.0. The second-order valence-electron chi connectivity index (χ2n) is 5.56. The van der Waals surface area contributed by atoms with E-state index in [-0.39, 0.29) is 18.2 Å². The molecule has 23 heavy (non-hydrogen) atoms. The SMILES string of the molecule is Cc1ncc(CC(=O)N2CC[C@H](c3cccs3)S(=O)(=O)CC2)s1. The summed E-state index contributed by atoms with van der Waals surface area (Å²) in [5.74, 6) is 0.0129. The number of thiazole rings is 1. The van der Waals surface area contributed by atoms with Gasteiger partial charge >= 0.3 is 0 Å². The van der Waals surface area contributed by atoms with E-state index in [1.165, 1.54) is 22.7 Å². The van der Waals surface area contributed by atoms with Crippen molar-refractivity contribution >= 4 is 38.4 Å². The van der Waals surface area contributed by atoms with Crippen LogP contribution in [0.15, 0.2) is 23.7 Å². The molecule has 0 spiro atoms. The zero-order chi connectivity index (χ0) is 16.4. The summed E-state index contributed by atoms with van der Waals surface area (Å²) in [7, 11) is -3.21. The van der Waals surface area contributed by atoms with Crippen molar-refractivity contribution in [2.75, 3.05) is 18.8 Å². The van der Waals surface area contributed by atoms with Gasteiger partial charge in [-0.05, 0) is 24.8 Å². The maximum absolute atomic E-state index is 12.5. The monoisotopic (exact) mass is 370 g/mol. The molecule has 3 heterocycles. The standard InChI is InChI=1S/C15H18N2O3S3/c1-11-16-10-12(22-11)9-15(18)17-5-4-14(13-3-2-7-21-13)23(19,20)8-6-17/h2-3,7,10,14H,4-6,8-9H2,1H3/t14-/m1/s1. The van der Waals surface area contributed by atoms with E-state index in [4.69, 9.17) is 0 Å². The van der Waals surface area contributed by atoms with Crippen LogP contribution < -0.4 is 0 Å². The second-order valence-corrected chi connectivity index (χ2v) is 10.2. The highest BCUT2D eigenvalue weighted by Gasteiger charge is 2.33. The molecule has 2 aromatic heterocycles. The Hall–Kier alpha value is -1.25. The average Bonchev–Trinajstić information content (AvgIpc) is 3.11. The number of thiophene rings is 1. The molecule has 0 N–H and O–H groups in total. The second kappa shape index (κ2) is 6.70. The van der Waals surface area contributed by atoms with E-state index in [1.807, 2.05) is 24.4 Å². The van der Waals surface area contributed by atoms with Gasteiger partial charge < -0.3 is 4.90 Å². The Morgan fingerprint density at radius 2 is 2.26 bits per heavy atom. The molecule has 5 nitrogen and oxygen atoms in total. The van der Waals surface area contributed by atoms with Crippen molar-refractivity contribution in [2.24, 2.45) is 0 Å². The minimum absolute atomic E-state index is 0.0179. The normalized spacial score (nSPS) is 21.1. The molecule has 0 aliphatic carbocycles. The summed E-state index contributed by atoms with van der Waals surface area (Å²) >= 11 is 2.98. The van der Waals surface area contributed by atoms with Gasteiger partial charge in [0.2, 0.25) is 5.91 Å². The molecule has 0 bridgehead atoms. The van der Waals surface area contributed by atoms with E-state index in [2.05, 4.69) is 4.98 Å². The van der Waals surface area contributed by atoms with Crippen LogP contribution in [0.3, 0.4) is 0 Å². The number of carbonyl (C=O) groups excluding carboxylic acids is 1. The molecular weight excluding hydrogens is 352 g/mol. The van der Waals surface area contributed by atoms with Crippen LogP contribution in [0.25, 0.3) is 0 Å². The molecule has 8 heteroatoms. The Kier molecular flexibility index (Phi) is 4.84. The van der Waals surface area contributed by atoms with Crippen LogP contribution in [-0.2, 0) is 21.1 Å². The lowest BCUT2D eigenvalue weighted by Gasteiger charge is -2.19. The third-order valence-electron chi connectivity index (χ3n) is 3.95. The van der Waals surface area contributed by atoms with Gasteiger partial charge in [0.25, 0.3) is 0 Å². The number of sulfone groups is 1.